The Labute approximate surface area is 255 Å². The third-order valence-electron chi connectivity index (χ3n) is 7.12. The Bertz CT molecular complexity index is 1660. The van der Waals surface area contributed by atoms with Gasteiger partial charge in [0.15, 0.2) is 18.1 Å². The summed E-state index contributed by atoms with van der Waals surface area (Å²) in [6, 6.07) is 16.6. The van der Waals surface area contributed by atoms with Crippen molar-refractivity contribution in [1.82, 2.24) is 9.66 Å². The van der Waals surface area contributed by atoms with Gasteiger partial charge in [-0.15, -0.1) is 0 Å². The number of benzene rings is 3. The lowest BCUT2D eigenvalue weighted by atomic mass is 9.88. The minimum Gasteiger partial charge on any atom is -0.493 e. The molecular formula is C31H30Br2N4O4. The van der Waals surface area contributed by atoms with Crippen LogP contribution in [0.15, 0.2) is 73.4 Å². The van der Waals surface area contributed by atoms with Crippen LogP contribution in [-0.4, -0.2) is 35.5 Å². The SMILES string of the molecule is COc1cc(C=Nn2c(C3CCCCC3)nc3ccccc3c2=O)c(Br)c(Br)c1OCC(=O)Nc1ccc(C)cc1. The smallest absolute Gasteiger partial charge is 0.282 e. The summed E-state index contributed by atoms with van der Waals surface area (Å²) in [6.07, 6.45) is 6.98. The number of para-hydroxylation sites is 1. The summed E-state index contributed by atoms with van der Waals surface area (Å²) in [5.41, 5.74) is 2.93. The number of anilines is 1. The molecule has 1 aliphatic rings. The summed E-state index contributed by atoms with van der Waals surface area (Å²) >= 11 is 7.18. The van der Waals surface area contributed by atoms with Crippen molar-refractivity contribution in [2.24, 2.45) is 5.10 Å². The Hall–Kier alpha value is -3.50. The Morgan fingerprint density at radius 2 is 1.83 bits per heavy atom. The average Bonchev–Trinajstić information content (AvgIpc) is 2.99. The maximum Gasteiger partial charge on any atom is 0.282 e. The number of carbonyl (C=O) groups excluding carboxylic acids is 1. The molecule has 0 aliphatic heterocycles. The van der Waals surface area contributed by atoms with Crippen molar-refractivity contribution in [2.75, 3.05) is 19.0 Å². The first kappa shape index (κ1) is 29.0. The number of halogens is 2. The van der Waals surface area contributed by atoms with Crippen LogP contribution < -0.4 is 20.3 Å². The number of aromatic nitrogens is 2. The van der Waals surface area contributed by atoms with Crippen LogP contribution in [-0.2, 0) is 4.79 Å². The summed E-state index contributed by atoms with van der Waals surface area (Å²) in [6.45, 7) is 1.77. The lowest BCUT2D eigenvalue weighted by molar-refractivity contribution is -0.118. The Kier molecular flexibility index (Phi) is 9.19. The van der Waals surface area contributed by atoms with Gasteiger partial charge in [0, 0.05) is 21.6 Å². The number of carbonyl (C=O) groups is 1. The lowest BCUT2D eigenvalue weighted by Crippen LogP contribution is -2.25. The van der Waals surface area contributed by atoms with Crippen molar-refractivity contribution in [2.45, 2.75) is 44.9 Å². The van der Waals surface area contributed by atoms with Gasteiger partial charge in [-0.2, -0.15) is 9.78 Å². The number of hydrogen-bond donors (Lipinski definition) is 1. The van der Waals surface area contributed by atoms with E-state index in [0.29, 0.717) is 48.4 Å². The molecule has 1 N–H and O–H groups in total. The van der Waals surface area contributed by atoms with Gasteiger partial charge in [0.1, 0.15) is 5.82 Å². The summed E-state index contributed by atoms with van der Waals surface area (Å²) < 4.78 is 14.1. The van der Waals surface area contributed by atoms with Crippen LogP contribution in [0.5, 0.6) is 11.5 Å². The number of methoxy groups -OCH3 is 1. The molecule has 0 atom stereocenters. The van der Waals surface area contributed by atoms with Crippen LogP contribution in [0, 0.1) is 6.92 Å². The van der Waals surface area contributed by atoms with Crippen LogP contribution in [0.1, 0.15) is 55.0 Å². The van der Waals surface area contributed by atoms with E-state index in [1.165, 1.54) is 18.2 Å². The van der Waals surface area contributed by atoms with E-state index < -0.39 is 0 Å². The lowest BCUT2D eigenvalue weighted by Gasteiger charge is -2.22. The first-order valence-corrected chi connectivity index (χ1v) is 15.1. The minimum atomic E-state index is -0.303. The van der Waals surface area contributed by atoms with Gasteiger partial charge >= 0.3 is 0 Å². The van der Waals surface area contributed by atoms with E-state index in [4.69, 9.17) is 14.5 Å². The largest absolute Gasteiger partial charge is 0.493 e. The number of fused-ring (bicyclic) bond motifs is 1. The molecule has 1 saturated carbocycles. The first-order chi connectivity index (χ1) is 19.9. The standard InChI is InChI=1S/C31H30Br2N4O4/c1-19-12-14-22(15-13-19)35-26(38)18-41-29-25(40-2)16-21(27(32)28(29)33)17-34-37-30(20-8-4-3-5-9-20)36-24-11-7-6-10-23(24)31(37)39/h6-7,10-17,20H,3-5,8-9,18H2,1-2H3,(H,35,38). The highest BCUT2D eigenvalue weighted by molar-refractivity contribution is 9.13. The molecule has 0 spiro atoms. The van der Waals surface area contributed by atoms with E-state index in [9.17, 15) is 9.59 Å². The number of rotatable bonds is 8. The highest BCUT2D eigenvalue weighted by atomic mass is 79.9. The molecule has 1 heterocycles. The van der Waals surface area contributed by atoms with Gasteiger partial charge in [0.05, 0.1) is 28.7 Å². The maximum atomic E-state index is 13.5. The zero-order valence-electron chi connectivity index (χ0n) is 22.8. The molecular weight excluding hydrogens is 652 g/mol. The molecule has 0 radical (unpaired) electrons. The van der Waals surface area contributed by atoms with Crippen molar-refractivity contribution in [3.05, 3.63) is 90.8 Å². The Morgan fingerprint density at radius 3 is 2.56 bits per heavy atom. The number of ether oxygens (including phenoxy) is 2. The van der Waals surface area contributed by atoms with Crippen molar-refractivity contribution in [3.8, 4) is 11.5 Å². The van der Waals surface area contributed by atoms with Gasteiger partial charge in [0.25, 0.3) is 11.5 Å². The Morgan fingerprint density at radius 1 is 1.10 bits per heavy atom. The average molecular weight is 682 g/mol. The molecule has 41 heavy (non-hydrogen) atoms. The quantitative estimate of drug-likeness (QED) is 0.199. The molecule has 1 aliphatic carbocycles. The molecule has 212 valence electrons. The second-order valence-corrected chi connectivity index (χ2v) is 11.6. The van der Waals surface area contributed by atoms with Crippen LogP contribution in [0.2, 0.25) is 0 Å². The molecule has 1 amide bonds. The third kappa shape index (κ3) is 6.54. The van der Waals surface area contributed by atoms with E-state index >= 15 is 0 Å². The topological polar surface area (TPSA) is 94.8 Å². The van der Waals surface area contributed by atoms with Crippen LogP contribution in [0.3, 0.4) is 0 Å². The molecule has 8 nitrogen and oxygen atoms in total. The number of hydrogen-bond acceptors (Lipinski definition) is 6. The van der Waals surface area contributed by atoms with Crippen molar-refractivity contribution in [3.63, 3.8) is 0 Å². The second kappa shape index (κ2) is 13.0. The molecule has 3 aromatic carbocycles. The predicted molar refractivity (Wildman–Crippen MR) is 169 cm³/mol. The molecule has 0 bridgehead atoms. The zero-order valence-corrected chi connectivity index (χ0v) is 26.0. The van der Waals surface area contributed by atoms with E-state index in [-0.39, 0.29) is 24.0 Å². The summed E-state index contributed by atoms with van der Waals surface area (Å²) in [5, 5.41) is 7.98. The number of nitrogens with one attached hydrogen (secondary N) is 1. The van der Waals surface area contributed by atoms with Crippen LogP contribution in [0.4, 0.5) is 5.69 Å². The molecule has 10 heteroatoms. The number of aryl methyl sites for hydroxylation is 1. The number of amides is 1. The molecule has 1 aromatic heterocycles. The first-order valence-electron chi connectivity index (χ1n) is 13.5. The van der Waals surface area contributed by atoms with Gasteiger partial charge in [-0.3, -0.25) is 9.59 Å². The van der Waals surface area contributed by atoms with Crippen LogP contribution >= 0.6 is 31.9 Å². The van der Waals surface area contributed by atoms with E-state index in [1.807, 2.05) is 49.4 Å². The maximum absolute atomic E-state index is 13.5. The molecule has 0 unspecified atom stereocenters. The van der Waals surface area contributed by atoms with Crippen molar-refractivity contribution in [1.29, 1.82) is 0 Å². The van der Waals surface area contributed by atoms with Gasteiger partial charge in [-0.05, 0) is 82.0 Å². The van der Waals surface area contributed by atoms with E-state index in [0.717, 1.165) is 31.2 Å². The Balaban J connectivity index is 1.43. The van der Waals surface area contributed by atoms with Crippen molar-refractivity contribution < 1.29 is 14.3 Å². The highest BCUT2D eigenvalue weighted by Crippen LogP contribution is 2.42. The van der Waals surface area contributed by atoms with Gasteiger partial charge < -0.3 is 14.8 Å². The van der Waals surface area contributed by atoms with Gasteiger partial charge in [-0.1, -0.05) is 49.1 Å². The molecule has 4 aromatic rings. The summed E-state index contributed by atoms with van der Waals surface area (Å²) in [4.78, 5) is 30.9. The monoisotopic (exact) mass is 680 g/mol. The normalized spacial score (nSPS) is 14.0. The van der Waals surface area contributed by atoms with E-state index in [1.54, 1.807) is 18.3 Å². The summed E-state index contributed by atoms with van der Waals surface area (Å²) in [7, 11) is 1.52. The fraction of sp³-hybridized carbons (Fsp3) is 0.290. The fourth-order valence-electron chi connectivity index (χ4n) is 4.95. The molecule has 1 fully saturated rings. The van der Waals surface area contributed by atoms with Crippen LogP contribution in [0.25, 0.3) is 10.9 Å². The second-order valence-electron chi connectivity index (χ2n) is 10.0. The minimum absolute atomic E-state index is 0.171. The van der Waals surface area contributed by atoms with E-state index in [2.05, 4.69) is 42.3 Å². The predicted octanol–water partition coefficient (Wildman–Crippen LogP) is 7.19. The summed E-state index contributed by atoms with van der Waals surface area (Å²) in [5.74, 6) is 1.32. The fourth-order valence-corrected chi connectivity index (χ4v) is 5.89. The number of nitrogens with zero attached hydrogens (tertiary/aromatic N) is 3. The third-order valence-corrected chi connectivity index (χ3v) is 9.26. The van der Waals surface area contributed by atoms with Gasteiger partial charge in [0.2, 0.25) is 0 Å². The molecule has 5 rings (SSSR count). The zero-order chi connectivity index (χ0) is 28.9. The van der Waals surface area contributed by atoms with Gasteiger partial charge in [-0.25, -0.2) is 4.98 Å². The molecule has 0 saturated heterocycles. The highest BCUT2D eigenvalue weighted by Gasteiger charge is 2.23. The van der Waals surface area contributed by atoms with Crippen molar-refractivity contribution >= 4 is 60.6 Å².